The van der Waals surface area contributed by atoms with Gasteiger partial charge in [0.05, 0.1) is 46.9 Å². The Morgan fingerprint density at radius 3 is 2.29 bits per heavy atom. The highest BCUT2D eigenvalue weighted by Crippen LogP contribution is 2.46. The second-order valence-electron chi connectivity index (χ2n) is 19.7. The zero-order valence-corrected chi connectivity index (χ0v) is 49.9. The fraction of sp³-hybridized carbons (Fsp3) is 0.491. The molecule has 4 heterocycles. The number of carboxylic acid groups (broad SMARTS) is 1. The molecule has 3 amide bonds. The molecule has 85 heavy (non-hydrogen) atoms. The minimum absolute atomic E-state index is 0.00303. The summed E-state index contributed by atoms with van der Waals surface area (Å²) in [7, 11) is -3.00. The number of morpholine rings is 1. The Balaban J connectivity index is 0.000000462. The van der Waals surface area contributed by atoms with Gasteiger partial charge in [0.25, 0.3) is 0 Å². The molecule has 1 fully saturated rings. The van der Waals surface area contributed by atoms with Crippen molar-refractivity contribution in [3.05, 3.63) is 93.6 Å². The molecule has 4 atom stereocenters. The zero-order valence-electron chi connectivity index (χ0n) is 47.4. The number of halogens is 9. The summed E-state index contributed by atoms with van der Waals surface area (Å²) in [4.78, 5) is 71.7. The van der Waals surface area contributed by atoms with Crippen LogP contribution >= 0.6 is 20.4 Å². The van der Waals surface area contributed by atoms with Gasteiger partial charge in [-0.2, -0.15) is 36.5 Å². The van der Waals surface area contributed by atoms with Crippen LogP contribution in [0.4, 0.5) is 50.1 Å². The highest BCUT2D eigenvalue weighted by molar-refractivity contribution is 8.00. The van der Waals surface area contributed by atoms with E-state index in [0.717, 1.165) is 28.6 Å². The Kier molecular flexibility index (Phi) is 23.8. The lowest BCUT2D eigenvalue weighted by Crippen LogP contribution is -2.52. The van der Waals surface area contributed by atoms with Gasteiger partial charge in [-0.25, -0.2) is 27.2 Å². The molecule has 4 unspecified atom stereocenters. The zero-order chi connectivity index (χ0) is 63.5. The van der Waals surface area contributed by atoms with Gasteiger partial charge < -0.3 is 34.6 Å². The van der Waals surface area contributed by atoms with Crippen molar-refractivity contribution < 1.29 is 91.8 Å². The van der Waals surface area contributed by atoms with Crippen molar-refractivity contribution in [1.82, 2.24) is 39.7 Å². The fourth-order valence-corrected chi connectivity index (χ4v) is 9.77. The van der Waals surface area contributed by atoms with Crippen molar-refractivity contribution in [2.75, 3.05) is 63.5 Å². The summed E-state index contributed by atoms with van der Waals surface area (Å²) in [5.41, 5.74) is -3.66. The molecule has 466 valence electrons. The molecule has 0 bridgehead atoms. The largest absolute Gasteiger partial charge is 0.480 e. The van der Waals surface area contributed by atoms with Crippen molar-refractivity contribution in [2.24, 2.45) is 0 Å². The van der Waals surface area contributed by atoms with Crippen LogP contribution in [0.5, 0.6) is 0 Å². The van der Waals surface area contributed by atoms with Gasteiger partial charge in [-0.15, -0.1) is 11.8 Å². The Morgan fingerprint density at radius 1 is 1.05 bits per heavy atom. The van der Waals surface area contributed by atoms with Crippen LogP contribution in [0.3, 0.4) is 0 Å². The number of aliphatic carboxylic acids is 1. The van der Waals surface area contributed by atoms with Crippen LogP contribution in [0, 0.1) is 30.4 Å². The van der Waals surface area contributed by atoms with Gasteiger partial charge in [-0.1, -0.05) is 31.9 Å². The summed E-state index contributed by atoms with van der Waals surface area (Å²) >= 11 is 1.44. The number of anilines is 1. The van der Waals surface area contributed by atoms with Gasteiger partial charge in [0.1, 0.15) is 53.6 Å². The predicted molar refractivity (Wildman–Crippen MR) is 297 cm³/mol. The molecule has 2 aliphatic rings. The average molecular weight is 1270 g/mol. The molecule has 5 aromatic rings. The maximum absolute atomic E-state index is 15.7. The van der Waals surface area contributed by atoms with Crippen LogP contribution < -0.4 is 9.62 Å². The summed E-state index contributed by atoms with van der Waals surface area (Å²) in [5, 5.41) is 19.6. The lowest BCUT2D eigenvalue weighted by molar-refractivity contribution is -0.142. The Bertz CT molecular complexity index is 3280. The lowest BCUT2D eigenvalue weighted by atomic mass is 9.92. The second kappa shape index (κ2) is 29.2. The van der Waals surface area contributed by atoms with E-state index >= 15 is 4.39 Å². The number of nitrogens with one attached hydrogen (secondary N) is 1. The smallest absolute Gasteiger partial charge is 0.435 e. The molecule has 4 N–H and O–H groups in total. The topological polar surface area (TPSA) is 244 Å². The standard InChI is InChI=1S/C41H40F9N7O2S2.C10H17N2O9P.C2H6/c1-22-8-10-28(34-32(22)37(55(5)61(7)59)54-57(34)21-40(45,46)47)27-11-9-26(12-14-38(2,3)60-6)51-33(27)30(18-23-16-24(42)19-25(43)17-23)52-31(58)20-56-36-29(13-15-39(36,4)44)35(53-56)41(48,49)50;13-6-11-1-2-19-5-8(11)3-12(4-9(14)15)10(16)20-7-21-22(17)18;1-2/h8-11,16-17,19,30H,13,15,18,20-21H2,1-7H3,(H,52,58);6,8,17-18H,1-5,7H2,(H,14,15);1-2H3. The van der Waals surface area contributed by atoms with Crippen LogP contribution in [0.1, 0.15) is 86.5 Å². The first-order valence-corrected chi connectivity index (χ1v) is 29.7. The van der Waals surface area contributed by atoms with Gasteiger partial charge in [0, 0.05) is 54.5 Å². The molecule has 7 rings (SSSR count). The van der Waals surface area contributed by atoms with E-state index in [9.17, 15) is 58.5 Å². The summed E-state index contributed by atoms with van der Waals surface area (Å²) in [6.45, 7) is 7.33. The minimum atomic E-state index is -4.96. The van der Waals surface area contributed by atoms with E-state index in [1.807, 2.05) is 34.0 Å². The van der Waals surface area contributed by atoms with E-state index < -0.39 is 128 Å². The van der Waals surface area contributed by atoms with Crippen LogP contribution in [0.15, 0.2) is 42.5 Å². The number of pyridine rings is 1. The number of nitrogens with zero attached hydrogens (tertiary/aromatic N) is 8. The lowest BCUT2D eigenvalue weighted by Gasteiger charge is -2.35. The summed E-state index contributed by atoms with van der Waals surface area (Å²) in [6.07, 6.45) is -7.95. The molecule has 20 nitrogen and oxygen atoms in total. The van der Waals surface area contributed by atoms with Crippen LogP contribution in [0.25, 0.3) is 22.0 Å². The first kappa shape index (κ1) is 69.2. The number of thioether (sulfide) groups is 1. The Morgan fingerprint density at radius 2 is 1.71 bits per heavy atom. The molecule has 3 aromatic heterocycles. The number of carbonyl (C=O) groups is 4. The van der Waals surface area contributed by atoms with Gasteiger partial charge >= 0.3 is 33.0 Å². The third-order valence-electron chi connectivity index (χ3n) is 13.1. The van der Waals surface area contributed by atoms with E-state index in [1.54, 1.807) is 13.0 Å². The third-order valence-corrected chi connectivity index (χ3v) is 15.5. The van der Waals surface area contributed by atoms with Crippen molar-refractivity contribution in [1.29, 1.82) is 0 Å². The first-order valence-electron chi connectivity index (χ1n) is 25.8. The van der Waals surface area contributed by atoms with Crippen LogP contribution in [0.2, 0.25) is 0 Å². The molecule has 1 aliphatic heterocycles. The van der Waals surface area contributed by atoms with Gasteiger partial charge in [0.2, 0.25) is 19.1 Å². The number of benzene rings is 2. The van der Waals surface area contributed by atoms with E-state index in [4.69, 9.17) is 24.6 Å². The van der Waals surface area contributed by atoms with Gasteiger partial charge in [-0.05, 0) is 94.5 Å². The summed E-state index contributed by atoms with van der Waals surface area (Å²) < 4.78 is 159. The number of carboxylic acids is 1. The first-order chi connectivity index (χ1) is 39.7. The second-order valence-corrected chi connectivity index (χ2v) is 23.2. The number of alkyl halides is 7. The van der Waals surface area contributed by atoms with E-state index in [-0.39, 0.29) is 76.4 Å². The number of aryl methyl sites for hydroxylation is 1. The van der Waals surface area contributed by atoms with Gasteiger partial charge in [-0.3, -0.25) is 37.5 Å². The average Bonchev–Trinajstić information content (AvgIpc) is 1.96. The molecule has 0 saturated carbocycles. The van der Waals surface area contributed by atoms with Crippen molar-refractivity contribution in [3.63, 3.8) is 0 Å². The molecule has 0 spiro atoms. The number of hydrogen-bond donors (Lipinski definition) is 4. The van der Waals surface area contributed by atoms with Crippen molar-refractivity contribution >= 4 is 72.5 Å². The molecular weight excluding hydrogens is 1200 g/mol. The number of fused-ring (bicyclic) bond motifs is 2. The summed E-state index contributed by atoms with van der Waals surface area (Å²) in [5.74, 6) is 1.83. The van der Waals surface area contributed by atoms with Crippen LogP contribution in [-0.2, 0) is 77.1 Å². The van der Waals surface area contributed by atoms with E-state index in [1.165, 1.54) is 52.5 Å². The monoisotopic (exact) mass is 1270 g/mol. The molecule has 2 aromatic carbocycles. The van der Waals surface area contributed by atoms with Crippen molar-refractivity contribution in [3.8, 4) is 23.0 Å². The number of hydrogen-bond acceptors (Lipinski definition) is 14. The quantitative estimate of drug-likeness (QED) is 0.0199. The van der Waals surface area contributed by atoms with Crippen molar-refractivity contribution in [2.45, 2.75) is 109 Å². The normalized spacial score (nSPS) is 16.7. The molecular formula is C53H63F9N9O11PS2. The molecule has 1 saturated heterocycles. The Labute approximate surface area is 490 Å². The fourth-order valence-electron chi connectivity index (χ4n) is 9.10. The number of ether oxygens (including phenoxy) is 2. The van der Waals surface area contributed by atoms with Crippen LogP contribution in [-0.4, -0.2) is 154 Å². The highest BCUT2D eigenvalue weighted by Gasteiger charge is 2.48. The van der Waals surface area contributed by atoms with Gasteiger partial charge in [0.15, 0.2) is 11.5 Å². The molecule has 32 heteroatoms. The predicted octanol–water partition coefficient (Wildman–Crippen LogP) is 8.50. The summed E-state index contributed by atoms with van der Waals surface area (Å²) in [6, 6.07) is 6.83. The Hall–Kier alpha value is -6.55. The maximum Gasteiger partial charge on any atom is 0.435 e. The SMILES string of the molecule is CC.CSC(C)(C)C#Cc1ccc(-c2ccc(C)c3c(N(C)S(C)=O)nn(CC(F)(F)F)c23)c(C(Cc2cc(F)cc(F)c2)NC(=O)Cn2nc(C(F)(F)F)c3c2C(C)(F)CC3)n1.O=CN1CCOCC1CN(CC(=O)O)C(=O)OCOP(O)O. The number of rotatable bonds is 19. The molecule has 0 radical (unpaired) electrons. The molecule has 1 aliphatic carbocycles. The van der Waals surface area contributed by atoms with E-state index in [0.29, 0.717) is 35.9 Å². The number of aromatic nitrogens is 5. The highest BCUT2D eigenvalue weighted by atomic mass is 32.2. The minimum Gasteiger partial charge on any atom is -0.480 e. The number of amides is 3. The third kappa shape index (κ3) is 18.5. The number of carbonyl (C=O) groups excluding carboxylic acids is 3. The van der Waals surface area contributed by atoms with E-state index in [2.05, 4.69) is 36.6 Å². The maximum atomic E-state index is 15.7.